The number of aromatic nitrogens is 1. The highest BCUT2D eigenvalue weighted by molar-refractivity contribution is 7.99. The van der Waals surface area contributed by atoms with Gasteiger partial charge in [-0.1, -0.05) is 18.2 Å². The van der Waals surface area contributed by atoms with Crippen LogP contribution in [0.25, 0.3) is 0 Å². The molecule has 1 saturated heterocycles. The molecule has 3 rings (SSSR count). The second kappa shape index (κ2) is 11.7. The van der Waals surface area contributed by atoms with Crippen molar-refractivity contribution in [3.05, 3.63) is 54.2 Å². The van der Waals surface area contributed by atoms with E-state index in [1.54, 1.807) is 0 Å². The van der Waals surface area contributed by atoms with E-state index in [9.17, 15) is 0 Å². The zero-order valence-corrected chi connectivity index (χ0v) is 18.3. The van der Waals surface area contributed by atoms with Crippen LogP contribution in [0.5, 0.6) is 0 Å². The lowest BCUT2D eigenvalue weighted by Crippen LogP contribution is -2.44. The molecule has 1 aromatic carbocycles. The summed E-state index contributed by atoms with van der Waals surface area (Å²) >= 11 is 1.85. The van der Waals surface area contributed by atoms with Crippen LogP contribution in [0.2, 0.25) is 0 Å². The molecular weight excluding hydrogens is 380 g/mol. The van der Waals surface area contributed by atoms with Crippen molar-refractivity contribution in [3.8, 4) is 0 Å². The Balaban J connectivity index is 1.50. The molecule has 6 nitrogen and oxygen atoms in total. The van der Waals surface area contributed by atoms with E-state index in [1.807, 2.05) is 24.0 Å². The fourth-order valence-electron chi connectivity index (χ4n) is 3.13. The maximum atomic E-state index is 4.76. The lowest BCUT2D eigenvalue weighted by Gasteiger charge is -2.33. The molecule has 2 heterocycles. The molecule has 2 N–H and O–H groups in total. The maximum absolute atomic E-state index is 4.76. The molecular formula is C22H32N6S. The molecule has 0 bridgehead atoms. The zero-order chi connectivity index (χ0) is 20.3. The summed E-state index contributed by atoms with van der Waals surface area (Å²) in [6, 6.07) is 14.7. The average molecular weight is 413 g/mol. The first kappa shape index (κ1) is 21.5. The second-order valence-corrected chi connectivity index (χ2v) is 8.26. The highest BCUT2D eigenvalue weighted by atomic mass is 32.2. The lowest BCUT2D eigenvalue weighted by molar-refractivity contribution is 0.312. The van der Waals surface area contributed by atoms with Crippen molar-refractivity contribution in [1.29, 1.82) is 0 Å². The van der Waals surface area contributed by atoms with Crippen LogP contribution in [0, 0.1) is 0 Å². The van der Waals surface area contributed by atoms with E-state index < -0.39 is 0 Å². The van der Waals surface area contributed by atoms with Crippen LogP contribution in [0.15, 0.2) is 58.5 Å². The SMILES string of the molecule is CCNC(=NCc1ccnc(N2CCN(C)CC2)c1)NCCSc1ccccc1. The highest BCUT2D eigenvalue weighted by Gasteiger charge is 2.15. The highest BCUT2D eigenvalue weighted by Crippen LogP contribution is 2.16. The molecule has 1 aromatic heterocycles. The molecule has 1 fully saturated rings. The van der Waals surface area contributed by atoms with Gasteiger partial charge in [0.25, 0.3) is 0 Å². The number of rotatable bonds is 8. The van der Waals surface area contributed by atoms with Gasteiger partial charge >= 0.3 is 0 Å². The summed E-state index contributed by atoms with van der Waals surface area (Å²) in [6.07, 6.45) is 1.90. The summed E-state index contributed by atoms with van der Waals surface area (Å²) in [5.41, 5.74) is 1.18. The van der Waals surface area contributed by atoms with E-state index in [1.165, 1.54) is 10.5 Å². The van der Waals surface area contributed by atoms with Gasteiger partial charge in [-0.25, -0.2) is 9.98 Å². The number of piperazine rings is 1. The van der Waals surface area contributed by atoms with Crippen LogP contribution >= 0.6 is 11.8 Å². The van der Waals surface area contributed by atoms with Crippen LogP contribution in [0.1, 0.15) is 12.5 Å². The number of anilines is 1. The zero-order valence-electron chi connectivity index (χ0n) is 17.5. The Morgan fingerprint density at radius 3 is 2.66 bits per heavy atom. The Kier molecular flexibility index (Phi) is 8.64. The van der Waals surface area contributed by atoms with Gasteiger partial charge in [-0.15, -0.1) is 11.8 Å². The third kappa shape index (κ3) is 7.25. The Hall–Kier alpha value is -2.25. The summed E-state index contributed by atoms with van der Waals surface area (Å²) in [7, 11) is 2.17. The van der Waals surface area contributed by atoms with Crippen LogP contribution in [-0.4, -0.2) is 67.9 Å². The van der Waals surface area contributed by atoms with Gasteiger partial charge in [-0.2, -0.15) is 0 Å². The van der Waals surface area contributed by atoms with Crippen molar-refractivity contribution in [2.24, 2.45) is 4.99 Å². The predicted octanol–water partition coefficient (Wildman–Crippen LogP) is 2.68. The molecule has 7 heteroatoms. The quantitative estimate of drug-likeness (QED) is 0.301. The largest absolute Gasteiger partial charge is 0.357 e. The maximum Gasteiger partial charge on any atom is 0.191 e. The van der Waals surface area contributed by atoms with Crippen LogP contribution in [0.3, 0.4) is 0 Å². The van der Waals surface area contributed by atoms with E-state index in [0.29, 0.717) is 6.54 Å². The van der Waals surface area contributed by atoms with Gasteiger partial charge in [0.2, 0.25) is 0 Å². The number of hydrogen-bond donors (Lipinski definition) is 2. The number of aliphatic imine (C=N–C) groups is 1. The molecule has 29 heavy (non-hydrogen) atoms. The fraction of sp³-hybridized carbons (Fsp3) is 0.455. The van der Waals surface area contributed by atoms with Gasteiger partial charge in [-0.3, -0.25) is 0 Å². The predicted molar refractivity (Wildman–Crippen MR) is 124 cm³/mol. The van der Waals surface area contributed by atoms with Crippen molar-refractivity contribution in [1.82, 2.24) is 20.5 Å². The number of benzene rings is 1. The molecule has 1 aliphatic heterocycles. The molecule has 2 aromatic rings. The summed E-state index contributed by atoms with van der Waals surface area (Å²) in [4.78, 5) is 15.3. The topological polar surface area (TPSA) is 55.8 Å². The number of pyridine rings is 1. The van der Waals surface area contributed by atoms with Crippen LogP contribution in [0.4, 0.5) is 5.82 Å². The summed E-state index contributed by atoms with van der Waals surface area (Å²) < 4.78 is 0. The third-order valence-electron chi connectivity index (χ3n) is 4.81. The summed E-state index contributed by atoms with van der Waals surface area (Å²) in [5.74, 6) is 2.92. The normalized spacial score (nSPS) is 15.4. The molecule has 0 aliphatic carbocycles. The molecule has 0 radical (unpaired) electrons. The molecule has 0 unspecified atom stereocenters. The molecule has 0 saturated carbocycles. The Bertz CT molecular complexity index is 759. The van der Waals surface area contributed by atoms with Crippen molar-refractivity contribution >= 4 is 23.5 Å². The van der Waals surface area contributed by atoms with Gasteiger partial charge in [0.05, 0.1) is 6.54 Å². The van der Waals surface area contributed by atoms with Gasteiger partial charge in [0.1, 0.15) is 5.82 Å². The number of nitrogens with one attached hydrogen (secondary N) is 2. The van der Waals surface area contributed by atoms with E-state index in [2.05, 4.69) is 75.8 Å². The van der Waals surface area contributed by atoms with E-state index in [0.717, 1.165) is 56.8 Å². The molecule has 156 valence electrons. The minimum Gasteiger partial charge on any atom is -0.357 e. The first-order valence-electron chi connectivity index (χ1n) is 10.3. The smallest absolute Gasteiger partial charge is 0.191 e. The molecule has 0 amide bonds. The standard InChI is InChI=1S/C22H32N6S/c1-3-23-22(25-11-16-29-20-7-5-4-6-8-20)26-18-19-9-10-24-21(17-19)28-14-12-27(2)13-15-28/h4-10,17H,3,11-16,18H2,1-2H3,(H2,23,25,26). The number of thioether (sulfide) groups is 1. The molecule has 1 aliphatic rings. The van der Waals surface area contributed by atoms with Gasteiger partial charge in [0, 0.05) is 56.1 Å². The molecule has 0 atom stereocenters. The Morgan fingerprint density at radius 2 is 1.90 bits per heavy atom. The number of guanidine groups is 1. The summed E-state index contributed by atoms with van der Waals surface area (Å²) in [5, 5.41) is 6.76. The monoisotopic (exact) mass is 412 g/mol. The first-order chi connectivity index (χ1) is 14.2. The van der Waals surface area contributed by atoms with Crippen molar-refractivity contribution in [3.63, 3.8) is 0 Å². The van der Waals surface area contributed by atoms with Crippen molar-refractivity contribution in [2.75, 3.05) is 57.0 Å². The van der Waals surface area contributed by atoms with Gasteiger partial charge < -0.3 is 20.4 Å². The van der Waals surface area contributed by atoms with Crippen molar-refractivity contribution < 1.29 is 0 Å². The van der Waals surface area contributed by atoms with E-state index >= 15 is 0 Å². The minimum absolute atomic E-state index is 0.643. The Labute approximate surface area is 178 Å². The lowest BCUT2D eigenvalue weighted by atomic mass is 10.2. The average Bonchev–Trinajstić information content (AvgIpc) is 2.76. The van der Waals surface area contributed by atoms with Gasteiger partial charge in [0.15, 0.2) is 5.96 Å². The van der Waals surface area contributed by atoms with E-state index in [-0.39, 0.29) is 0 Å². The number of likely N-dealkylation sites (N-methyl/N-ethyl adjacent to an activating group) is 1. The minimum atomic E-state index is 0.643. The second-order valence-electron chi connectivity index (χ2n) is 7.10. The number of hydrogen-bond acceptors (Lipinski definition) is 5. The number of nitrogens with zero attached hydrogens (tertiary/aromatic N) is 4. The van der Waals surface area contributed by atoms with Gasteiger partial charge in [-0.05, 0) is 43.8 Å². The van der Waals surface area contributed by atoms with Crippen LogP contribution < -0.4 is 15.5 Å². The first-order valence-corrected chi connectivity index (χ1v) is 11.3. The Morgan fingerprint density at radius 1 is 1.10 bits per heavy atom. The van der Waals surface area contributed by atoms with Crippen molar-refractivity contribution in [2.45, 2.75) is 18.4 Å². The third-order valence-corrected chi connectivity index (χ3v) is 5.82. The summed E-state index contributed by atoms with van der Waals surface area (Å²) in [6.45, 7) is 8.67. The molecule has 0 spiro atoms. The fourth-order valence-corrected chi connectivity index (χ4v) is 3.92. The van der Waals surface area contributed by atoms with E-state index in [4.69, 9.17) is 4.99 Å². The van der Waals surface area contributed by atoms with Crippen LogP contribution in [-0.2, 0) is 6.54 Å².